The molecular weight excluding hydrogens is 456 g/mol. The van der Waals surface area contributed by atoms with Crippen LogP contribution in [0.15, 0.2) is 88.8 Å². The van der Waals surface area contributed by atoms with Crippen molar-refractivity contribution < 1.29 is 14.3 Å². The Hall–Kier alpha value is -3.51. The summed E-state index contributed by atoms with van der Waals surface area (Å²) in [7, 11) is 1.63. The lowest BCUT2D eigenvalue weighted by atomic mass is 10.1. The molecule has 0 spiro atoms. The van der Waals surface area contributed by atoms with Crippen LogP contribution in [0.5, 0.6) is 11.5 Å². The number of para-hydroxylation sites is 2. The van der Waals surface area contributed by atoms with E-state index in [-0.39, 0.29) is 5.91 Å². The van der Waals surface area contributed by atoms with Crippen molar-refractivity contribution >= 4 is 34.6 Å². The Morgan fingerprint density at radius 1 is 0.943 bits per heavy atom. The lowest BCUT2D eigenvalue weighted by Crippen LogP contribution is -2.28. The van der Waals surface area contributed by atoms with Crippen molar-refractivity contribution in [3.05, 3.63) is 94.9 Å². The summed E-state index contributed by atoms with van der Waals surface area (Å²) in [6.07, 6.45) is 5.08. The number of methoxy groups -OCH3 is 1. The molecule has 0 aliphatic carbocycles. The van der Waals surface area contributed by atoms with E-state index in [1.165, 1.54) is 11.8 Å². The van der Waals surface area contributed by atoms with Crippen molar-refractivity contribution in [1.29, 1.82) is 0 Å². The molecule has 0 aromatic heterocycles. The Bertz CT molecular complexity index is 1190. The van der Waals surface area contributed by atoms with E-state index in [1.807, 2.05) is 84.9 Å². The van der Waals surface area contributed by atoms with Gasteiger partial charge in [-0.25, -0.2) is 4.99 Å². The molecule has 0 N–H and O–H groups in total. The Balaban J connectivity index is 1.67. The Kier molecular flexibility index (Phi) is 8.63. The summed E-state index contributed by atoms with van der Waals surface area (Å²) in [5.41, 5.74) is 2.67. The fraction of sp³-hybridized carbons (Fsp3) is 0.241. The van der Waals surface area contributed by atoms with Crippen LogP contribution in [0.2, 0.25) is 0 Å². The predicted molar refractivity (Wildman–Crippen MR) is 144 cm³/mol. The molecule has 0 bridgehead atoms. The first-order chi connectivity index (χ1) is 17.2. The van der Waals surface area contributed by atoms with Crippen molar-refractivity contribution in [1.82, 2.24) is 4.90 Å². The van der Waals surface area contributed by atoms with E-state index < -0.39 is 0 Å². The number of unbranched alkanes of at least 4 members (excludes halogenated alkanes) is 2. The van der Waals surface area contributed by atoms with Gasteiger partial charge in [-0.05, 0) is 48.0 Å². The molecule has 3 aromatic rings. The van der Waals surface area contributed by atoms with Crippen molar-refractivity contribution in [2.24, 2.45) is 4.99 Å². The summed E-state index contributed by atoms with van der Waals surface area (Å²) in [5.74, 6) is 1.24. The molecule has 3 aromatic carbocycles. The number of benzene rings is 3. The lowest BCUT2D eigenvalue weighted by Gasteiger charge is -2.16. The quantitative estimate of drug-likeness (QED) is 0.227. The number of ether oxygens (including phenoxy) is 2. The molecule has 0 saturated carbocycles. The van der Waals surface area contributed by atoms with E-state index in [2.05, 4.69) is 6.92 Å². The maximum atomic E-state index is 13.6. The van der Waals surface area contributed by atoms with Crippen LogP contribution in [-0.4, -0.2) is 29.7 Å². The standard InChI is InChI=1S/C29H30N2O3S/c1-3-4-11-19-34-27-23(15-12-18-25(27)33-2)20-26-28(32)31(21-22-13-7-5-8-14-22)29(35-26)30-24-16-9-6-10-17-24/h5-10,12-18,20H,3-4,11,19,21H2,1-2H3/b26-20+,30-29?. The maximum Gasteiger partial charge on any atom is 0.267 e. The summed E-state index contributed by atoms with van der Waals surface area (Å²) >= 11 is 1.38. The Morgan fingerprint density at radius 2 is 1.69 bits per heavy atom. The zero-order valence-corrected chi connectivity index (χ0v) is 21.0. The van der Waals surface area contributed by atoms with Gasteiger partial charge in [0.25, 0.3) is 5.91 Å². The first-order valence-electron chi connectivity index (χ1n) is 11.9. The molecule has 1 fully saturated rings. The SMILES string of the molecule is CCCCCOc1c(/C=C2/SC(=Nc3ccccc3)N(Cc3ccccc3)C2=O)cccc1OC. The van der Waals surface area contributed by atoms with Crippen LogP contribution in [0.3, 0.4) is 0 Å². The summed E-state index contributed by atoms with van der Waals surface area (Å²) < 4.78 is 11.7. The topological polar surface area (TPSA) is 51.1 Å². The normalized spacial score (nSPS) is 15.7. The van der Waals surface area contributed by atoms with Gasteiger partial charge in [0.1, 0.15) is 0 Å². The summed E-state index contributed by atoms with van der Waals surface area (Å²) in [4.78, 5) is 20.7. The molecule has 4 rings (SSSR count). The summed E-state index contributed by atoms with van der Waals surface area (Å²) in [6.45, 7) is 3.22. The van der Waals surface area contributed by atoms with Crippen LogP contribution in [0.4, 0.5) is 5.69 Å². The highest BCUT2D eigenvalue weighted by Gasteiger charge is 2.33. The number of carbonyl (C=O) groups excluding carboxylic acids is 1. The number of amides is 1. The minimum atomic E-state index is -0.0757. The average molecular weight is 487 g/mol. The van der Waals surface area contributed by atoms with Crippen LogP contribution in [-0.2, 0) is 11.3 Å². The van der Waals surface area contributed by atoms with Crippen LogP contribution in [0.25, 0.3) is 6.08 Å². The lowest BCUT2D eigenvalue weighted by molar-refractivity contribution is -0.122. The molecule has 1 amide bonds. The van der Waals surface area contributed by atoms with Crippen molar-refractivity contribution in [2.45, 2.75) is 32.7 Å². The minimum absolute atomic E-state index is 0.0757. The van der Waals surface area contributed by atoms with Gasteiger partial charge in [-0.3, -0.25) is 9.69 Å². The predicted octanol–water partition coefficient (Wildman–Crippen LogP) is 7.07. The van der Waals surface area contributed by atoms with Gasteiger partial charge >= 0.3 is 0 Å². The fourth-order valence-corrected chi connectivity index (χ4v) is 4.73. The smallest absolute Gasteiger partial charge is 0.267 e. The second-order valence-corrected chi connectivity index (χ2v) is 9.16. The molecular formula is C29H30N2O3S. The number of aliphatic imine (C=N–C) groups is 1. The van der Waals surface area contributed by atoms with E-state index in [0.29, 0.717) is 34.7 Å². The van der Waals surface area contributed by atoms with Gasteiger partial charge in [0.15, 0.2) is 16.7 Å². The second-order valence-electron chi connectivity index (χ2n) is 8.15. The van der Waals surface area contributed by atoms with Crippen LogP contribution < -0.4 is 9.47 Å². The molecule has 0 atom stereocenters. The van der Waals surface area contributed by atoms with Gasteiger partial charge in [0.05, 0.1) is 30.9 Å². The van der Waals surface area contributed by atoms with Crippen molar-refractivity contribution in [3.63, 3.8) is 0 Å². The van der Waals surface area contributed by atoms with Crippen LogP contribution in [0, 0.1) is 0 Å². The number of hydrogen-bond acceptors (Lipinski definition) is 5. The van der Waals surface area contributed by atoms with E-state index in [0.717, 1.165) is 36.1 Å². The molecule has 1 saturated heterocycles. The largest absolute Gasteiger partial charge is 0.493 e. The van der Waals surface area contributed by atoms with Crippen molar-refractivity contribution in [2.75, 3.05) is 13.7 Å². The van der Waals surface area contributed by atoms with Gasteiger partial charge in [0.2, 0.25) is 0 Å². The number of thioether (sulfide) groups is 1. The third-order valence-electron chi connectivity index (χ3n) is 5.56. The summed E-state index contributed by atoms with van der Waals surface area (Å²) in [6, 6.07) is 25.4. The molecule has 1 heterocycles. The highest BCUT2D eigenvalue weighted by molar-refractivity contribution is 8.18. The molecule has 0 radical (unpaired) electrons. The third-order valence-corrected chi connectivity index (χ3v) is 6.57. The Morgan fingerprint density at radius 3 is 2.40 bits per heavy atom. The van der Waals surface area contributed by atoms with Gasteiger partial charge in [0, 0.05) is 5.56 Å². The van der Waals surface area contributed by atoms with Crippen LogP contribution >= 0.6 is 11.8 Å². The van der Waals surface area contributed by atoms with Crippen LogP contribution in [0.1, 0.15) is 37.3 Å². The molecule has 35 heavy (non-hydrogen) atoms. The molecule has 5 nitrogen and oxygen atoms in total. The van der Waals surface area contributed by atoms with E-state index >= 15 is 0 Å². The first-order valence-corrected chi connectivity index (χ1v) is 12.7. The zero-order valence-electron chi connectivity index (χ0n) is 20.1. The van der Waals surface area contributed by atoms with Gasteiger partial charge in [-0.2, -0.15) is 0 Å². The molecule has 180 valence electrons. The number of hydrogen-bond donors (Lipinski definition) is 0. The zero-order chi connectivity index (χ0) is 24.5. The number of nitrogens with zero attached hydrogens (tertiary/aromatic N) is 2. The monoisotopic (exact) mass is 486 g/mol. The summed E-state index contributed by atoms with van der Waals surface area (Å²) in [5, 5.41) is 0.657. The minimum Gasteiger partial charge on any atom is -0.493 e. The average Bonchev–Trinajstić information content (AvgIpc) is 3.17. The van der Waals surface area contributed by atoms with Gasteiger partial charge in [-0.15, -0.1) is 0 Å². The highest BCUT2D eigenvalue weighted by atomic mass is 32.2. The number of carbonyl (C=O) groups is 1. The third kappa shape index (κ3) is 6.34. The van der Waals surface area contributed by atoms with E-state index in [1.54, 1.807) is 12.0 Å². The van der Waals surface area contributed by atoms with E-state index in [9.17, 15) is 4.79 Å². The molecule has 1 aliphatic rings. The van der Waals surface area contributed by atoms with Gasteiger partial charge in [-0.1, -0.05) is 80.4 Å². The first kappa shape index (κ1) is 24.6. The fourth-order valence-electron chi connectivity index (χ4n) is 3.74. The Labute approximate surface area is 211 Å². The van der Waals surface area contributed by atoms with Crippen molar-refractivity contribution in [3.8, 4) is 11.5 Å². The highest BCUT2D eigenvalue weighted by Crippen LogP contribution is 2.39. The second kappa shape index (κ2) is 12.3. The molecule has 0 unspecified atom stereocenters. The van der Waals surface area contributed by atoms with Gasteiger partial charge < -0.3 is 9.47 Å². The molecule has 6 heteroatoms. The number of rotatable bonds is 10. The van der Waals surface area contributed by atoms with E-state index in [4.69, 9.17) is 14.5 Å². The number of amidine groups is 1. The maximum absolute atomic E-state index is 13.6. The molecule has 1 aliphatic heterocycles.